The molecule has 2 heteroatoms. The lowest BCUT2D eigenvalue weighted by Crippen LogP contribution is -2.24. The highest BCUT2D eigenvalue weighted by Gasteiger charge is 2.35. The average molecular weight is 454 g/mol. The number of benzene rings is 5. The van der Waals surface area contributed by atoms with Gasteiger partial charge in [0.25, 0.3) is 0 Å². The highest BCUT2D eigenvalue weighted by molar-refractivity contribution is 5.80. The highest BCUT2D eigenvalue weighted by Crippen LogP contribution is 2.51. The van der Waals surface area contributed by atoms with Crippen molar-refractivity contribution in [3.05, 3.63) is 139 Å². The van der Waals surface area contributed by atoms with Crippen molar-refractivity contribution in [3.8, 4) is 22.6 Å². The Labute approximate surface area is 207 Å². The van der Waals surface area contributed by atoms with Gasteiger partial charge in [-0.25, -0.2) is 0 Å². The predicted molar refractivity (Wildman–Crippen MR) is 145 cm³/mol. The third-order valence-electron chi connectivity index (χ3n) is 6.93. The number of rotatable bonds is 4. The summed E-state index contributed by atoms with van der Waals surface area (Å²) in [6, 6.07) is 44.6. The minimum absolute atomic E-state index is 0.127. The van der Waals surface area contributed by atoms with Crippen molar-refractivity contribution in [1.29, 1.82) is 0 Å². The van der Waals surface area contributed by atoms with Crippen molar-refractivity contribution in [2.24, 2.45) is 0 Å². The molecule has 0 aliphatic carbocycles. The number of fused-ring (bicyclic) bond motifs is 2. The van der Waals surface area contributed by atoms with E-state index in [-0.39, 0.29) is 5.41 Å². The Morgan fingerprint density at radius 1 is 0.514 bits per heavy atom. The van der Waals surface area contributed by atoms with E-state index in [1.165, 1.54) is 11.1 Å². The van der Waals surface area contributed by atoms with Crippen LogP contribution in [-0.4, -0.2) is 0 Å². The molecule has 0 unspecified atom stereocenters. The smallest absolute Gasteiger partial charge is 0.139 e. The minimum Gasteiger partial charge on any atom is -0.456 e. The van der Waals surface area contributed by atoms with Crippen molar-refractivity contribution in [1.82, 2.24) is 0 Å². The molecule has 0 aromatic heterocycles. The summed E-state index contributed by atoms with van der Waals surface area (Å²) < 4.78 is 6.50. The molecule has 0 amide bonds. The van der Waals surface area contributed by atoms with Gasteiger partial charge in [0.2, 0.25) is 0 Å². The Balaban J connectivity index is 1.42. The molecule has 1 aliphatic heterocycles. The SMILES string of the molecule is CC1(C)c2ccccc2Oc2c(-c3ccc(N(c4ccccc4)c4ccccc4)cc3)cccc21. The van der Waals surface area contributed by atoms with E-state index in [4.69, 9.17) is 4.74 Å². The molecule has 0 saturated carbocycles. The van der Waals surface area contributed by atoms with E-state index in [1.807, 2.05) is 18.2 Å². The van der Waals surface area contributed by atoms with Gasteiger partial charge in [-0.1, -0.05) is 98.8 Å². The van der Waals surface area contributed by atoms with Crippen molar-refractivity contribution >= 4 is 17.1 Å². The summed E-state index contributed by atoms with van der Waals surface area (Å²) in [5.41, 5.74) is 7.94. The van der Waals surface area contributed by atoms with Crippen molar-refractivity contribution in [3.63, 3.8) is 0 Å². The van der Waals surface area contributed by atoms with Crippen LogP contribution in [-0.2, 0) is 5.41 Å². The summed E-state index contributed by atoms with van der Waals surface area (Å²) in [5, 5.41) is 0. The zero-order valence-electron chi connectivity index (χ0n) is 20.0. The largest absolute Gasteiger partial charge is 0.456 e. The van der Waals surface area contributed by atoms with Crippen LogP contribution in [0.4, 0.5) is 17.1 Å². The van der Waals surface area contributed by atoms with Gasteiger partial charge in [-0.3, -0.25) is 0 Å². The summed E-state index contributed by atoms with van der Waals surface area (Å²) in [6.45, 7) is 4.55. The van der Waals surface area contributed by atoms with Crippen molar-refractivity contribution < 1.29 is 4.74 Å². The molecule has 2 nitrogen and oxygen atoms in total. The van der Waals surface area contributed by atoms with Crippen LogP contribution in [0.2, 0.25) is 0 Å². The maximum Gasteiger partial charge on any atom is 0.139 e. The molecule has 0 saturated heterocycles. The zero-order chi connectivity index (χ0) is 23.8. The molecule has 1 aliphatic rings. The van der Waals surface area contributed by atoms with Crippen molar-refractivity contribution in [2.75, 3.05) is 4.90 Å². The van der Waals surface area contributed by atoms with Gasteiger partial charge in [0.1, 0.15) is 11.5 Å². The first kappa shape index (κ1) is 21.2. The van der Waals surface area contributed by atoms with E-state index >= 15 is 0 Å². The number of nitrogens with zero attached hydrogens (tertiary/aromatic N) is 1. The average Bonchev–Trinajstić information content (AvgIpc) is 2.91. The fourth-order valence-corrected chi connectivity index (χ4v) is 5.08. The van der Waals surface area contributed by atoms with Crippen LogP contribution in [0.15, 0.2) is 127 Å². The maximum atomic E-state index is 6.50. The first-order chi connectivity index (χ1) is 17.1. The third kappa shape index (κ3) is 3.68. The Morgan fingerprint density at radius 2 is 1.06 bits per heavy atom. The van der Waals surface area contributed by atoms with Gasteiger partial charge >= 0.3 is 0 Å². The van der Waals surface area contributed by atoms with Crippen LogP contribution in [0.25, 0.3) is 11.1 Å². The van der Waals surface area contributed by atoms with Crippen LogP contribution in [0.3, 0.4) is 0 Å². The molecule has 5 aromatic carbocycles. The van der Waals surface area contributed by atoms with Gasteiger partial charge in [0.05, 0.1) is 0 Å². The quantitative estimate of drug-likeness (QED) is 0.269. The second-order valence-electron chi connectivity index (χ2n) is 9.46. The van der Waals surface area contributed by atoms with Crippen LogP contribution in [0, 0.1) is 0 Å². The Hall–Kier alpha value is -4.30. The fraction of sp³-hybridized carbons (Fsp3) is 0.0909. The maximum absolute atomic E-state index is 6.50. The van der Waals surface area contributed by atoms with Gasteiger partial charge in [-0.05, 0) is 48.0 Å². The number of ether oxygens (including phenoxy) is 1. The van der Waals surface area contributed by atoms with Gasteiger partial charge in [0.15, 0.2) is 0 Å². The van der Waals surface area contributed by atoms with E-state index in [2.05, 4.69) is 128 Å². The number of hydrogen-bond acceptors (Lipinski definition) is 2. The van der Waals surface area contributed by atoms with Crippen LogP contribution in [0.1, 0.15) is 25.0 Å². The van der Waals surface area contributed by atoms with Crippen LogP contribution in [0.5, 0.6) is 11.5 Å². The summed E-state index contributed by atoms with van der Waals surface area (Å²) in [7, 11) is 0. The van der Waals surface area contributed by atoms with E-state index in [0.29, 0.717) is 0 Å². The first-order valence-electron chi connectivity index (χ1n) is 12.0. The normalized spacial score (nSPS) is 13.3. The van der Waals surface area contributed by atoms with E-state index < -0.39 is 0 Å². The zero-order valence-corrected chi connectivity index (χ0v) is 20.0. The monoisotopic (exact) mass is 453 g/mol. The lowest BCUT2D eigenvalue weighted by molar-refractivity contribution is 0.419. The standard InChI is InChI=1S/C33H27NO/c1-33(2)29-17-9-10-19-31(29)35-32-28(16-11-18-30(32)33)24-20-22-27(23-21-24)34(25-12-5-3-6-13-25)26-14-7-4-8-15-26/h3-23H,1-2H3. The molecule has 5 aromatic rings. The molecule has 0 N–H and O–H groups in total. The van der Waals surface area contributed by atoms with Crippen LogP contribution >= 0.6 is 0 Å². The molecule has 6 rings (SSSR count). The van der Waals surface area contributed by atoms with Crippen molar-refractivity contribution in [2.45, 2.75) is 19.3 Å². The molecule has 0 fully saturated rings. The minimum atomic E-state index is -0.127. The fourth-order valence-electron chi connectivity index (χ4n) is 5.08. The van der Waals surface area contributed by atoms with Gasteiger partial charge < -0.3 is 9.64 Å². The van der Waals surface area contributed by atoms with E-state index in [1.54, 1.807) is 0 Å². The molecule has 0 atom stereocenters. The summed E-state index contributed by atoms with van der Waals surface area (Å²) in [5.74, 6) is 1.89. The summed E-state index contributed by atoms with van der Waals surface area (Å²) in [4.78, 5) is 2.28. The molecule has 0 spiro atoms. The highest BCUT2D eigenvalue weighted by atomic mass is 16.5. The third-order valence-corrected chi connectivity index (χ3v) is 6.93. The summed E-state index contributed by atoms with van der Waals surface area (Å²) in [6.07, 6.45) is 0. The molecular formula is C33H27NO. The lowest BCUT2D eigenvalue weighted by Gasteiger charge is -2.35. The van der Waals surface area contributed by atoms with Gasteiger partial charge in [-0.2, -0.15) is 0 Å². The number of anilines is 3. The van der Waals surface area contributed by atoms with Gasteiger partial charge in [-0.15, -0.1) is 0 Å². The molecule has 0 radical (unpaired) electrons. The molecule has 170 valence electrons. The molecular weight excluding hydrogens is 426 g/mol. The second-order valence-corrected chi connectivity index (χ2v) is 9.46. The van der Waals surface area contributed by atoms with E-state index in [9.17, 15) is 0 Å². The summed E-state index contributed by atoms with van der Waals surface area (Å²) >= 11 is 0. The number of para-hydroxylation sites is 4. The predicted octanol–water partition coefficient (Wildman–Crippen LogP) is 9.25. The number of hydrogen-bond donors (Lipinski definition) is 0. The van der Waals surface area contributed by atoms with E-state index in [0.717, 1.165) is 39.7 Å². The van der Waals surface area contributed by atoms with Crippen LogP contribution < -0.4 is 9.64 Å². The Morgan fingerprint density at radius 3 is 1.71 bits per heavy atom. The lowest BCUT2D eigenvalue weighted by atomic mass is 9.75. The molecule has 1 heterocycles. The van der Waals surface area contributed by atoms with Gasteiger partial charge in [0, 0.05) is 39.2 Å². The second kappa shape index (κ2) is 8.48. The Bertz CT molecular complexity index is 1430. The topological polar surface area (TPSA) is 12.5 Å². The molecule has 35 heavy (non-hydrogen) atoms. The molecule has 0 bridgehead atoms. The Kier molecular flexibility index (Phi) is 5.15. The first-order valence-corrected chi connectivity index (χ1v) is 12.0.